The van der Waals surface area contributed by atoms with Gasteiger partial charge < -0.3 is 4.74 Å². The molecule has 2 aromatic carbocycles. The number of sulfonamides is 1. The fraction of sp³-hybridized carbons (Fsp3) is 0.409. The van der Waals surface area contributed by atoms with Gasteiger partial charge in [0.05, 0.1) is 27.2 Å². The first-order chi connectivity index (χ1) is 15.9. The van der Waals surface area contributed by atoms with E-state index in [9.17, 15) is 8.42 Å². The third kappa shape index (κ3) is 6.36. The first kappa shape index (κ1) is 24.7. The van der Waals surface area contributed by atoms with E-state index in [1.54, 1.807) is 28.1 Å². The Kier molecular flexibility index (Phi) is 8.11. The molecular formula is C22H26Cl2N4O3S2. The van der Waals surface area contributed by atoms with Crippen molar-refractivity contribution in [1.82, 2.24) is 19.0 Å². The van der Waals surface area contributed by atoms with Crippen LogP contribution in [-0.4, -0.2) is 67.0 Å². The largest absolute Gasteiger partial charge is 0.494 e. The van der Waals surface area contributed by atoms with Gasteiger partial charge in [0.1, 0.15) is 10.7 Å². The molecule has 1 unspecified atom stereocenters. The van der Waals surface area contributed by atoms with Crippen molar-refractivity contribution in [3.8, 4) is 5.75 Å². The van der Waals surface area contributed by atoms with Gasteiger partial charge in [-0.05, 0) is 55.0 Å². The molecular weight excluding hydrogens is 503 g/mol. The number of ether oxygens (including phenoxy) is 1. The van der Waals surface area contributed by atoms with Crippen molar-refractivity contribution in [2.75, 3.05) is 39.3 Å². The molecule has 1 saturated heterocycles. The molecule has 3 aromatic rings. The molecule has 0 spiro atoms. The second-order valence-corrected chi connectivity index (χ2v) is 11.7. The fourth-order valence-corrected chi connectivity index (χ4v) is 6.19. The Balaban J connectivity index is 1.27. The SMILES string of the molecule is O=S(=O)(NCCC1(Cl)CN(CCCOc2ccccc2)CCN1Cl)c1ccc2ncsc2c1. The number of nitrogens with zero attached hydrogens (tertiary/aromatic N) is 3. The first-order valence-electron chi connectivity index (χ1n) is 10.7. The van der Waals surface area contributed by atoms with Gasteiger partial charge in [-0.1, -0.05) is 29.8 Å². The molecule has 1 aromatic heterocycles. The molecule has 7 nitrogen and oxygen atoms in total. The molecule has 4 rings (SSSR count). The number of rotatable bonds is 10. The van der Waals surface area contributed by atoms with Crippen molar-refractivity contribution < 1.29 is 13.2 Å². The molecule has 11 heteroatoms. The minimum absolute atomic E-state index is 0.181. The van der Waals surface area contributed by atoms with E-state index in [1.165, 1.54) is 11.3 Å². The van der Waals surface area contributed by atoms with Crippen molar-refractivity contribution in [2.24, 2.45) is 0 Å². The molecule has 178 valence electrons. The number of halogens is 2. The molecule has 0 bridgehead atoms. The molecule has 1 aliphatic heterocycles. The number of aromatic nitrogens is 1. The Morgan fingerprint density at radius 1 is 1.18 bits per heavy atom. The zero-order valence-corrected chi connectivity index (χ0v) is 21.1. The summed E-state index contributed by atoms with van der Waals surface area (Å²) in [4.78, 5) is 5.79. The highest BCUT2D eigenvalue weighted by atomic mass is 35.5. The Morgan fingerprint density at radius 2 is 2.00 bits per heavy atom. The summed E-state index contributed by atoms with van der Waals surface area (Å²) >= 11 is 14.7. The van der Waals surface area contributed by atoms with Crippen LogP contribution in [0.25, 0.3) is 10.2 Å². The lowest BCUT2D eigenvalue weighted by atomic mass is 10.1. The molecule has 33 heavy (non-hydrogen) atoms. The minimum Gasteiger partial charge on any atom is -0.494 e. The molecule has 1 atom stereocenters. The van der Waals surface area contributed by atoms with Crippen molar-refractivity contribution in [2.45, 2.75) is 22.7 Å². The van der Waals surface area contributed by atoms with Gasteiger partial charge in [0.2, 0.25) is 10.0 Å². The van der Waals surface area contributed by atoms with Crippen LogP contribution in [0.3, 0.4) is 0 Å². The lowest BCUT2D eigenvalue weighted by Crippen LogP contribution is -2.56. The number of alkyl halides is 1. The van der Waals surface area contributed by atoms with E-state index >= 15 is 0 Å². The van der Waals surface area contributed by atoms with Crippen LogP contribution >= 0.6 is 34.7 Å². The van der Waals surface area contributed by atoms with E-state index in [1.807, 2.05) is 30.3 Å². The summed E-state index contributed by atoms with van der Waals surface area (Å²) in [7, 11) is -3.65. The predicted octanol–water partition coefficient (Wildman–Crippen LogP) is 4.14. The highest BCUT2D eigenvalue weighted by molar-refractivity contribution is 7.89. The molecule has 0 radical (unpaired) electrons. The highest BCUT2D eigenvalue weighted by Crippen LogP contribution is 2.31. The van der Waals surface area contributed by atoms with E-state index in [-0.39, 0.29) is 11.4 Å². The summed E-state index contributed by atoms with van der Waals surface area (Å²) in [6.45, 7) is 3.55. The molecule has 0 aliphatic carbocycles. The molecule has 0 saturated carbocycles. The average molecular weight is 530 g/mol. The van der Waals surface area contributed by atoms with Crippen LogP contribution in [0.5, 0.6) is 5.75 Å². The van der Waals surface area contributed by atoms with Crippen molar-refractivity contribution >= 4 is 55.0 Å². The standard InChI is InChI=1S/C22H26Cl2N4O3S2/c23-22(9-10-26-33(29,30)19-7-8-20-21(15-19)32-17-25-20)16-27(12-13-28(22)24)11-4-14-31-18-5-2-1-3-6-18/h1-3,5-8,15,17,26H,4,9-14,16H2. The third-order valence-corrected chi connectivity index (χ3v) is 8.90. The van der Waals surface area contributed by atoms with Crippen molar-refractivity contribution in [1.29, 1.82) is 0 Å². The van der Waals surface area contributed by atoms with Gasteiger partial charge in [-0.3, -0.25) is 4.90 Å². The predicted molar refractivity (Wildman–Crippen MR) is 134 cm³/mol. The fourth-order valence-electron chi connectivity index (χ4n) is 3.78. The van der Waals surface area contributed by atoms with Gasteiger partial charge in [0, 0.05) is 32.7 Å². The van der Waals surface area contributed by atoms with E-state index in [0.717, 1.165) is 35.5 Å². The monoisotopic (exact) mass is 528 g/mol. The smallest absolute Gasteiger partial charge is 0.240 e. The number of benzene rings is 2. The molecule has 0 amide bonds. The lowest BCUT2D eigenvalue weighted by Gasteiger charge is -2.43. The summed E-state index contributed by atoms with van der Waals surface area (Å²) in [5.74, 6) is 0.858. The van der Waals surface area contributed by atoms with Gasteiger partial charge in [-0.15, -0.1) is 11.3 Å². The summed E-state index contributed by atoms with van der Waals surface area (Å²) in [6.07, 6.45) is 1.23. The van der Waals surface area contributed by atoms with Crippen LogP contribution in [0.1, 0.15) is 12.8 Å². The Morgan fingerprint density at radius 3 is 2.82 bits per heavy atom. The first-order valence-corrected chi connectivity index (χ1v) is 13.8. The van der Waals surface area contributed by atoms with Gasteiger partial charge in [0.15, 0.2) is 0 Å². The Hall–Kier alpha value is -1.46. The van der Waals surface area contributed by atoms with Gasteiger partial charge >= 0.3 is 0 Å². The summed E-state index contributed by atoms with van der Waals surface area (Å²) < 4.78 is 36.3. The number of hydrogen-bond donors (Lipinski definition) is 1. The van der Waals surface area contributed by atoms with Crippen LogP contribution in [0.2, 0.25) is 0 Å². The van der Waals surface area contributed by atoms with Crippen molar-refractivity contribution in [3.63, 3.8) is 0 Å². The topological polar surface area (TPSA) is 74.8 Å². The van der Waals surface area contributed by atoms with E-state index < -0.39 is 15.0 Å². The number of thiazole rings is 1. The second kappa shape index (κ2) is 10.9. The number of hydrogen-bond acceptors (Lipinski definition) is 7. The summed E-state index contributed by atoms with van der Waals surface area (Å²) in [5, 5.41) is 0. The van der Waals surface area contributed by atoms with Gasteiger partial charge in [-0.2, -0.15) is 4.42 Å². The van der Waals surface area contributed by atoms with Crippen molar-refractivity contribution in [3.05, 3.63) is 54.0 Å². The molecule has 2 heterocycles. The Labute approximate surface area is 208 Å². The maximum Gasteiger partial charge on any atom is 0.240 e. The number of nitrogens with one attached hydrogen (secondary N) is 1. The zero-order chi connectivity index (χ0) is 23.3. The van der Waals surface area contributed by atoms with Crippen LogP contribution in [0.4, 0.5) is 0 Å². The minimum atomic E-state index is -3.65. The van der Waals surface area contributed by atoms with Gasteiger partial charge in [0.25, 0.3) is 0 Å². The van der Waals surface area contributed by atoms with Crippen LogP contribution in [0.15, 0.2) is 58.9 Å². The summed E-state index contributed by atoms with van der Waals surface area (Å²) in [5.41, 5.74) is 2.48. The number of piperazine rings is 1. The normalized spacial score (nSPS) is 20.3. The van der Waals surface area contributed by atoms with Crippen LogP contribution < -0.4 is 9.46 Å². The Bertz CT molecular complexity index is 1160. The number of para-hydroxylation sites is 1. The lowest BCUT2D eigenvalue weighted by molar-refractivity contribution is 0.102. The molecule has 1 aliphatic rings. The van der Waals surface area contributed by atoms with E-state index in [2.05, 4.69) is 14.6 Å². The number of fused-ring (bicyclic) bond motifs is 1. The molecule has 1 fully saturated rings. The van der Waals surface area contributed by atoms with E-state index in [0.29, 0.717) is 26.1 Å². The average Bonchev–Trinajstić information content (AvgIpc) is 3.28. The maximum absolute atomic E-state index is 12.7. The zero-order valence-electron chi connectivity index (χ0n) is 18.0. The van der Waals surface area contributed by atoms with Crippen LogP contribution in [-0.2, 0) is 10.0 Å². The quantitative estimate of drug-likeness (QED) is 0.184. The maximum atomic E-state index is 12.7. The van der Waals surface area contributed by atoms with E-state index in [4.69, 9.17) is 28.1 Å². The van der Waals surface area contributed by atoms with Crippen LogP contribution in [0, 0.1) is 0 Å². The summed E-state index contributed by atoms with van der Waals surface area (Å²) in [6, 6.07) is 14.6. The second-order valence-electron chi connectivity index (χ2n) is 7.92. The molecule has 1 N–H and O–H groups in total. The highest BCUT2D eigenvalue weighted by Gasteiger charge is 2.39. The third-order valence-electron chi connectivity index (χ3n) is 5.56. The van der Waals surface area contributed by atoms with Gasteiger partial charge in [-0.25, -0.2) is 18.1 Å².